The van der Waals surface area contributed by atoms with Gasteiger partial charge in [-0.2, -0.15) is 0 Å². The lowest BCUT2D eigenvalue weighted by molar-refractivity contribution is 0.0277. The molecule has 0 unspecified atom stereocenters. The number of amides is 1. The van der Waals surface area contributed by atoms with Crippen LogP contribution in [0.25, 0.3) is 0 Å². The minimum atomic E-state index is -0.418. The molecule has 7 heteroatoms. The molecular weight excluding hydrogens is 455 g/mol. The van der Waals surface area contributed by atoms with Gasteiger partial charge in [0.05, 0.1) is 12.6 Å². The Morgan fingerprint density at radius 2 is 2.04 bits per heavy atom. The summed E-state index contributed by atoms with van der Waals surface area (Å²) >= 11 is 0. The van der Waals surface area contributed by atoms with Crippen molar-refractivity contribution in [1.82, 2.24) is 10.6 Å². The van der Waals surface area contributed by atoms with E-state index < -0.39 is 5.91 Å². The first kappa shape index (κ1) is 23.7. The van der Waals surface area contributed by atoms with Crippen LogP contribution in [0.1, 0.15) is 61.4 Å². The second-order valence-electron chi connectivity index (χ2n) is 6.67. The number of ether oxygens (including phenoxy) is 1. The Kier molecular flexibility index (Phi) is 12.1. The quantitative estimate of drug-likeness (QED) is 0.216. The van der Waals surface area contributed by atoms with Gasteiger partial charge in [-0.3, -0.25) is 4.79 Å². The van der Waals surface area contributed by atoms with E-state index in [1.165, 1.54) is 32.1 Å². The third-order valence-electron chi connectivity index (χ3n) is 4.49. The number of halogens is 1. The molecule has 0 atom stereocenters. The Morgan fingerprint density at radius 1 is 1.26 bits per heavy atom. The number of carbonyl (C=O) groups is 1. The number of nitrogens with one attached hydrogen (secondary N) is 2. The molecule has 6 nitrogen and oxygen atoms in total. The zero-order chi connectivity index (χ0) is 18.6. The molecule has 1 aromatic rings. The van der Waals surface area contributed by atoms with Gasteiger partial charge in [-0.15, -0.1) is 24.0 Å². The number of rotatable bonds is 9. The maximum Gasteiger partial charge on any atom is 0.248 e. The van der Waals surface area contributed by atoms with Crippen LogP contribution < -0.4 is 16.4 Å². The average molecular weight is 488 g/mol. The van der Waals surface area contributed by atoms with Crippen molar-refractivity contribution >= 4 is 35.8 Å². The molecule has 1 aliphatic rings. The molecule has 1 saturated carbocycles. The molecule has 4 N–H and O–H groups in total. The minimum absolute atomic E-state index is 0. The summed E-state index contributed by atoms with van der Waals surface area (Å²) in [7, 11) is 0. The van der Waals surface area contributed by atoms with Gasteiger partial charge in [0.2, 0.25) is 5.91 Å². The third-order valence-corrected chi connectivity index (χ3v) is 4.49. The normalized spacial score (nSPS) is 15.1. The molecule has 0 heterocycles. The van der Waals surface area contributed by atoms with Crippen molar-refractivity contribution in [3.05, 3.63) is 35.4 Å². The molecule has 0 saturated heterocycles. The molecule has 152 valence electrons. The predicted octanol–water partition coefficient (Wildman–Crippen LogP) is 3.20. The van der Waals surface area contributed by atoms with E-state index in [9.17, 15) is 4.79 Å². The number of hydrogen-bond acceptors (Lipinski definition) is 3. The van der Waals surface area contributed by atoms with Crippen molar-refractivity contribution in [2.75, 3.05) is 19.7 Å². The van der Waals surface area contributed by atoms with Crippen LogP contribution in [0.15, 0.2) is 29.3 Å². The Bertz CT molecular complexity index is 589. The Labute approximate surface area is 179 Å². The van der Waals surface area contributed by atoms with Gasteiger partial charge < -0.3 is 21.1 Å². The highest BCUT2D eigenvalue weighted by Gasteiger charge is 2.12. The van der Waals surface area contributed by atoms with Crippen LogP contribution in [0.3, 0.4) is 0 Å². The van der Waals surface area contributed by atoms with Gasteiger partial charge in [0.25, 0.3) is 0 Å². The van der Waals surface area contributed by atoms with Gasteiger partial charge in [0.15, 0.2) is 5.96 Å². The van der Waals surface area contributed by atoms with Crippen LogP contribution in [0.5, 0.6) is 0 Å². The minimum Gasteiger partial charge on any atom is -0.378 e. The molecule has 1 fully saturated rings. The van der Waals surface area contributed by atoms with E-state index in [2.05, 4.69) is 15.6 Å². The Balaban J connectivity index is 0.00000364. The number of guanidine groups is 1. The third kappa shape index (κ3) is 9.41. The summed E-state index contributed by atoms with van der Waals surface area (Å²) in [6.45, 7) is 4.94. The first-order chi connectivity index (χ1) is 12.7. The Hall–Kier alpha value is -1.35. The monoisotopic (exact) mass is 488 g/mol. The molecule has 1 aliphatic carbocycles. The highest BCUT2D eigenvalue weighted by atomic mass is 127. The number of carbonyl (C=O) groups excluding carboxylic acids is 1. The maximum atomic E-state index is 11.3. The molecule has 2 rings (SSSR count). The van der Waals surface area contributed by atoms with Crippen molar-refractivity contribution in [1.29, 1.82) is 0 Å². The second-order valence-corrected chi connectivity index (χ2v) is 6.67. The van der Waals surface area contributed by atoms with E-state index in [-0.39, 0.29) is 24.0 Å². The van der Waals surface area contributed by atoms with E-state index >= 15 is 0 Å². The number of primary amides is 1. The lowest BCUT2D eigenvalue weighted by atomic mass is 9.98. The number of nitrogens with zero attached hydrogens (tertiary/aromatic N) is 1. The molecule has 1 amide bonds. The zero-order valence-corrected chi connectivity index (χ0v) is 18.5. The fraction of sp³-hybridized carbons (Fsp3) is 0.600. The molecule has 0 spiro atoms. The molecule has 0 radical (unpaired) electrons. The first-order valence-electron chi connectivity index (χ1n) is 9.71. The fourth-order valence-electron chi connectivity index (χ4n) is 3.10. The van der Waals surface area contributed by atoms with Crippen LogP contribution in [0, 0.1) is 0 Å². The first-order valence-corrected chi connectivity index (χ1v) is 9.71. The van der Waals surface area contributed by atoms with Gasteiger partial charge in [-0.25, -0.2) is 4.99 Å². The number of aliphatic imine (C=N–C) groups is 1. The smallest absolute Gasteiger partial charge is 0.248 e. The number of benzene rings is 1. The topological polar surface area (TPSA) is 88.7 Å². The fourth-order valence-corrected chi connectivity index (χ4v) is 3.10. The van der Waals surface area contributed by atoms with Crippen LogP contribution >= 0.6 is 24.0 Å². The summed E-state index contributed by atoms with van der Waals surface area (Å²) in [4.78, 5) is 15.8. The van der Waals surface area contributed by atoms with Crippen LogP contribution in [-0.2, 0) is 11.3 Å². The van der Waals surface area contributed by atoms with Crippen LogP contribution in [-0.4, -0.2) is 37.7 Å². The number of hydrogen-bond donors (Lipinski definition) is 3. The standard InChI is InChI=1S/C20H32N4O2.HI/c1-2-22-20(23-12-7-13-26-18-10-4-3-5-11-18)24-15-16-8-6-9-17(14-16)19(21)25;/h6,8-9,14,18H,2-5,7,10-13,15H2,1H3,(H2,21,25)(H2,22,23,24);1H. The van der Waals surface area contributed by atoms with Crippen molar-refractivity contribution in [3.8, 4) is 0 Å². The second kappa shape index (κ2) is 13.8. The lowest BCUT2D eigenvalue weighted by Crippen LogP contribution is -2.38. The molecule has 0 bridgehead atoms. The van der Waals surface area contributed by atoms with Crippen molar-refractivity contribution in [2.24, 2.45) is 10.7 Å². The summed E-state index contributed by atoms with van der Waals surface area (Å²) in [5.41, 5.74) is 6.79. The highest BCUT2D eigenvalue weighted by Crippen LogP contribution is 2.20. The maximum absolute atomic E-state index is 11.3. The molecular formula is C20H33IN4O2. The van der Waals surface area contributed by atoms with Crippen molar-refractivity contribution < 1.29 is 9.53 Å². The lowest BCUT2D eigenvalue weighted by Gasteiger charge is -2.22. The summed E-state index contributed by atoms with van der Waals surface area (Å²) in [5, 5.41) is 6.57. The van der Waals surface area contributed by atoms with Crippen LogP contribution in [0.4, 0.5) is 0 Å². The van der Waals surface area contributed by atoms with Gasteiger partial charge in [0.1, 0.15) is 0 Å². The van der Waals surface area contributed by atoms with Crippen molar-refractivity contribution in [2.45, 2.75) is 58.1 Å². The summed E-state index contributed by atoms with van der Waals surface area (Å²) in [6, 6.07) is 7.27. The van der Waals surface area contributed by atoms with Crippen molar-refractivity contribution in [3.63, 3.8) is 0 Å². The average Bonchev–Trinajstić information content (AvgIpc) is 2.66. The van der Waals surface area contributed by atoms with Gasteiger partial charge in [0, 0.05) is 25.3 Å². The highest BCUT2D eigenvalue weighted by molar-refractivity contribution is 14.0. The predicted molar refractivity (Wildman–Crippen MR) is 121 cm³/mol. The zero-order valence-electron chi connectivity index (χ0n) is 16.2. The summed E-state index contributed by atoms with van der Waals surface area (Å²) in [6.07, 6.45) is 7.80. The van der Waals surface area contributed by atoms with E-state index in [0.717, 1.165) is 37.6 Å². The van der Waals surface area contributed by atoms with Gasteiger partial charge >= 0.3 is 0 Å². The van der Waals surface area contributed by atoms with E-state index in [0.29, 0.717) is 18.2 Å². The van der Waals surface area contributed by atoms with E-state index in [1.54, 1.807) is 12.1 Å². The SMILES string of the molecule is CCNC(=NCc1cccc(C(N)=O)c1)NCCCOC1CCCCC1.I. The summed E-state index contributed by atoms with van der Waals surface area (Å²) < 4.78 is 5.95. The molecule has 1 aromatic carbocycles. The largest absolute Gasteiger partial charge is 0.378 e. The van der Waals surface area contributed by atoms with E-state index in [1.807, 2.05) is 19.1 Å². The molecule has 27 heavy (non-hydrogen) atoms. The summed E-state index contributed by atoms with van der Waals surface area (Å²) in [5.74, 6) is 0.355. The molecule has 0 aromatic heterocycles. The molecule has 0 aliphatic heterocycles. The van der Waals surface area contributed by atoms with Gasteiger partial charge in [-0.05, 0) is 43.9 Å². The van der Waals surface area contributed by atoms with Crippen LogP contribution in [0.2, 0.25) is 0 Å². The number of nitrogens with two attached hydrogens (primary N) is 1. The van der Waals surface area contributed by atoms with Gasteiger partial charge in [-0.1, -0.05) is 31.4 Å². The van der Waals surface area contributed by atoms with E-state index in [4.69, 9.17) is 10.5 Å². The Morgan fingerprint density at radius 3 is 2.74 bits per heavy atom.